The average molecular weight is 377 g/mol. The Labute approximate surface area is 159 Å². The molecule has 140 valence electrons. The zero-order chi connectivity index (χ0) is 18.8. The highest BCUT2D eigenvalue weighted by Gasteiger charge is 2.06. The molecule has 1 atom stereocenters. The van der Waals surface area contributed by atoms with Crippen molar-refractivity contribution in [3.8, 4) is 11.5 Å². The van der Waals surface area contributed by atoms with Crippen molar-refractivity contribution in [3.63, 3.8) is 0 Å². The lowest BCUT2D eigenvalue weighted by atomic mass is 10.2. The van der Waals surface area contributed by atoms with Crippen LogP contribution in [0.4, 0.5) is 0 Å². The van der Waals surface area contributed by atoms with Gasteiger partial charge in [0.15, 0.2) is 5.96 Å². The van der Waals surface area contributed by atoms with Gasteiger partial charge in [0.1, 0.15) is 22.8 Å². The Morgan fingerprint density at radius 1 is 1.23 bits per heavy atom. The van der Waals surface area contributed by atoms with E-state index in [1.54, 1.807) is 26.4 Å². The van der Waals surface area contributed by atoms with Crippen LogP contribution in [0.2, 0.25) is 5.15 Å². The Bertz CT molecular complexity index is 707. The number of rotatable bonds is 8. The summed E-state index contributed by atoms with van der Waals surface area (Å²) in [6.45, 7) is 3.37. The molecule has 1 unspecified atom stereocenters. The molecule has 0 saturated carbocycles. The van der Waals surface area contributed by atoms with Gasteiger partial charge in [0.2, 0.25) is 0 Å². The number of hydrogen-bond acceptors (Lipinski definition) is 4. The van der Waals surface area contributed by atoms with Crippen molar-refractivity contribution in [2.24, 2.45) is 4.99 Å². The largest absolute Gasteiger partial charge is 0.497 e. The van der Waals surface area contributed by atoms with Crippen LogP contribution < -0.4 is 20.1 Å². The molecule has 2 N–H and O–H groups in total. The molecule has 2 rings (SSSR count). The normalized spacial score (nSPS) is 12.4. The van der Waals surface area contributed by atoms with Gasteiger partial charge in [0.05, 0.1) is 13.7 Å². The molecule has 1 aromatic heterocycles. The van der Waals surface area contributed by atoms with E-state index in [1.807, 2.05) is 37.3 Å². The maximum absolute atomic E-state index is 5.89. The van der Waals surface area contributed by atoms with Gasteiger partial charge in [0, 0.05) is 25.9 Å². The number of hydrogen-bond donors (Lipinski definition) is 2. The lowest BCUT2D eigenvalue weighted by molar-refractivity contribution is 0.223. The number of nitrogens with zero attached hydrogens (tertiary/aromatic N) is 2. The third-order valence-corrected chi connectivity index (χ3v) is 3.88. The van der Waals surface area contributed by atoms with E-state index in [1.165, 1.54) is 0 Å². The second-order valence-electron chi connectivity index (χ2n) is 5.73. The molecule has 7 heteroatoms. The minimum absolute atomic E-state index is 0.0267. The summed E-state index contributed by atoms with van der Waals surface area (Å²) in [6, 6.07) is 11.3. The number of pyridine rings is 1. The van der Waals surface area contributed by atoms with Crippen LogP contribution in [-0.4, -0.2) is 44.3 Å². The minimum Gasteiger partial charge on any atom is -0.497 e. The van der Waals surface area contributed by atoms with E-state index in [2.05, 4.69) is 20.6 Å². The van der Waals surface area contributed by atoms with E-state index in [4.69, 9.17) is 21.1 Å². The first kappa shape index (κ1) is 19.8. The Morgan fingerprint density at radius 3 is 2.73 bits per heavy atom. The smallest absolute Gasteiger partial charge is 0.191 e. The summed E-state index contributed by atoms with van der Waals surface area (Å²) in [6.07, 6.45) is 2.59. The molecule has 0 amide bonds. The summed E-state index contributed by atoms with van der Waals surface area (Å²) in [5, 5.41) is 7.04. The molecule has 0 saturated heterocycles. The van der Waals surface area contributed by atoms with Crippen LogP contribution in [0.1, 0.15) is 12.5 Å². The molecule has 6 nitrogen and oxygen atoms in total. The molecule has 0 spiro atoms. The van der Waals surface area contributed by atoms with Gasteiger partial charge < -0.3 is 20.1 Å². The van der Waals surface area contributed by atoms with Crippen molar-refractivity contribution in [1.29, 1.82) is 0 Å². The molecule has 0 bridgehead atoms. The Balaban J connectivity index is 1.72. The molecule has 1 heterocycles. The summed E-state index contributed by atoms with van der Waals surface area (Å²) in [5.74, 6) is 2.28. The van der Waals surface area contributed by atoms with Crippen molar-refractivity contribution >= 4 is 17.6 Å². The van der Waals surface area contributed by atoms with Crippen molar-refractivity contribution in [2.75, 3.05) is 27.2 Å². The summed E-state index contributed by atoms with van der Waals surface area (Å²) in [4.78, 5) is 8.30. The first-order valence-electron chi connectivity index (χ1n) is 8.46. The number of guanidine groups is 1. The predicted octanol–water partition coefficient (Wildman–Crippen LogP) is 2.92. The van der Waals surface area contributed by atoms with Gasteiger partial charge in [0.25, 0.3) is 0 Å². The minimum atomic E-state index is -0.0267. The van der Waals surface area contributed by atoms with Crippen LogP contribution >= 0.6 is 11.6 Å². The van der Waals surface area contributed by atoms with E-state index >= 15 is 0 Å². The molecular formula is C19H25ClN4O2. The zero-order valence-corrected chi connectivity index (χ0v) is 16.1. The second-order valence-corrected chi connectivity index (χ2v) is 6.11. The maximum atomic E-state index is 5.89. The monoisotopic (exact) mass is 376 g/mol. The van der Waals surface area contributed by atoms with Gasteiger partial charge in [-0.25, -0.2) is 4.98 Å². The van der Waals surface area contributed by atoms with Crippen LogP contribution in [-0.2, 0) is 6.42 Å². The van der Waals surface area contributed by atoms with Gasteiger partial charge in [-0.3, -0.25) is 4.99 Å². The molecule has 0 radical (unpaired) electrons. The summed E-state index contributed by atoms with van der Waals surface area (Å²) in [5.41, 5.74) is 1.12. The molecule has 0 fully saturated rings. The number of methoxy groups -OCH3 is 1. The van der Waals surface area contributed by atoms with E-state index in [-0.39, 0.29) is 6.10 Å². The molecule has 0 aliphatic rings. The third kappa shape index (κ3) is 6.80. The fourth-order valence-electron chi connectivity index (χ4n) is 2.29. The highest BCUT2D eigenvalue weighted by Crippen LogP contribution is 2.19. The Kier molecular flexibility index (Phi) is 8.02. The molecule has 26 heavy (non-hydrogen) atoms. The van der Waals surface area contributed by atoms with Crippen molar-refractivity contribution in [1.82, 2.24) is 15.6 Å². The lowest BCUT2D eigenvalue weighted by Crippen LogP contribution is -2.42. The Morgan fingerprint density at radius 2 is 2.04 bits per heavy atom. The van der Waals surface area contributed by atoms with E-state index in [0.29, 0.717) is 11.7 Å². The quantitative estimate of drug-likeness (QED) is 0.421. The molecule has 0 aliphatic carbocycles. The molecular weight excluding hydrogens is 352 g/mol. The number of nitrogens with one attached hydrogen (secondary N) is 2. The van der Waals surface area contributed by atoms with Crippen LogP contribution in [0.25, 0.3) is 0 Å². The number of aliphatic imine (C=N–C) groups is 1. The number of aromatic nitrogens is 1. The van der Waals surface area contributed by atoms with Gasteiger partial charge in [-0.2, -0.15) is 0 Å². The number of benzene rings is 1. The summed E-state index contributed by atoms with van der Waals surface area (Å²) in [7, 11) is 3.38. The van der Waals surface area contributed by atoms with Gasteiger partial charge in [-0.15, -0.1) is 0 Å². The van der Waals surface area contributed by atoms with E-state index in [0.717, 1.165) is 36.0 Å². The van der Waals surface area contributed by atoms with Crippen molar-refractivity contribution < 1.29 is 9.47 Å². The highest BCUT2D eigenvalue weighted by molar-refractivity contribution is 6.29. The van der Waals surface area contributed by atoms with E-state index in [9.17, 15) is 0 Å². The topological polar surface area (TPSA) is 67.8 Å². The fraction of sp³-hybridized carbons (Fsp3) is 0.368. The standard InChI is InChI=1S/C19H25ClN4O2/c1-14(26-17-6-4-5-16(11-17)25-3)12-24-19(21-2)22-10-9-15-7-8-18(20)23-13-15/h4-8,11,13-14H,9-10,12H2,1-3H3,(H2,21,22,24). The SMILES string of the molecule is CN=C(NCCc1ccc(Cl)nc1)NCC(C)Oc1cccc(OC)c1. The third-order valence-electron chi connectivity index (χ3n) is 3.65. The average Bonchev–Trinajstić information content (AvgIpc) is 2.66. The van der Waals surface area contributed by atoms with Crippen LogP contribution in [0.15, 0.2) is 47.6 Å². The second kappa shape index (κ2) is 10.5. The van der Waals surface area contributed by atoms with Gasteiger partial charge >= 0.3 is 0 Å². The van der Waals surface area contributed by atoms with Crippen molar-refractivity contribution in [2.45, 2.75) is 19.4 Å². The van der Waals surface area contributed by atoms with Gasteiger partial charge in [-0.05, 0) is 37.1 Å². The maximum Gasteiger partial charge on any atom is 0.191 e. The number of halogens is 1. The zero-order valence-electron chi connectivity index (χ0n) is 15.3. The summed E-state index contributed by atoms with van der Waals surface area (Å²) >= 11 is 5.79. The molecule has 1 aromatic carbocycles. The van der Waals surface area contributed by atoms with Crippen molar-refractivity contribution in [3.05, 3.63) is 53.3 Å². The fourth-order valence-corrected chi connectivity index (χ4v) is 2.40. The van der Waals surface area contributed by atoms with E-state index < -0.39 is 0 Å². The predicted molar refractivity (Wildman–Crippen MR) is 105 cm³/mol. The van der Waals surface area contributed by atoms with Crippen LogP contribution in [0.3, 0.4) is 0 Å². The summed E-state index contributed by atoms with van der Waals surface area (Å²) < 4.78 is 11.1. The number of ether oxygens (including phenoxy) is 2. The van der Waals surface area contributed by atoms with Crippen LogP contribution in [0, 0.1) is 0 Å². The first-order valence-corrected chi connectivity index (χ1v) is 8.84. The molecule has 0 aliphatic heterocycles. The molecule has 2 aromatic rings. The lowest BCUT2D eigenvalue weighted by Gasteiger charge is -2.18. The highest BCUT2D eigenvalue weighted by atomic mass is 35.5. The Hall–Kier alpha value is -2.47. The van der Waals surface area contributed by atoms with Gasteiger partial charge in [-0.1, -0.05) is 23.7 Å². The first-order chi connectivity index (χ1) is 12.6. The van der Waals surface area contributed by atoms with Crippen LogP contribution in [0.5, 0.6) is 11.5 Å².